The molecule has 0 aliphatic carbocycles. The van der Waals surface area contributed by atoms with E-state index in [2.05, 4.69) is 23.9 Å². The summed E-state index contributed by atoms with van der Waals surface area (Å²) in [6.45, 7) is 4.02. The summed E-state index contributed by atoms with van der Waals surface area (Å²) in [5, 5.41) is 30.0. The van der Waals surface area contributed by atoms with Crippen molar-refractivity contribution >= 4 is 22.7 Å². The molecule has 0 radical (unpaired) electrons. The Morgan fingerprint density at radius 2 is 1.32 bits per heavy atom. The topological polar surface area (TPSA) is 174 Å². The van der Waals surface area contributed by atoms with Gasteiger partial charge in [0.15, 0.2) is 5.75 Å². The van der Waals surface area contributed by atoms with E-state index in [1.54, 1.807) is 12.1 Å². The molecule has 4 rings (SSSR count). The van der Waals surface area contributed by atoms with Gasteiger partial charge in [-0.2, -0.15) is 4.39 Å². The van der Waals surface area contributed by atoms with E-state index in [0.717, 1.165) is 64.0 Å². The van der Waals surface area contributed by atoms with Gasteiger partial charge in [0, 0.05) is 49.7 Å². The minimum Gasteiger partial charge on any atom is -0.483 e. The molecule has 0 unspecified atom stereocenters. The maximum Gasteiger partial charge on any atom is 0.312 e. The average Bonchev–Trinajstić information content (AvgIpc) is 2.85. The number of benzene rings is 2. The summed E-state index contributed by atoms with van der Waals surface area (Å²) in [6.07, 6.45) is 3.71. The van der Waals surface area contributed by atoms with Crippen LogP contribution < -0.4 is 16.2 Å². The van der Waals surface area contributed by atoms with E-state index in [4.69, 9.17) is 21.3 Å². The van der Waals surface area contributed by atoms with Crippen LogP contribution in [0.5, 0.6) is 5.75 Å². The van der Waals surface area contributed by atoms with Crippen molar-refractivity contribution in [1.29, 1.82) is 0 Å². The van der Waals surface area contributed by atoms with Gasteiger partial charge in [-0.15, -0.1) is 0 Å². The summed E-state index contributed by atoms with van der Waals surface area (Å²) < 4.78 is 18.3. The lowest BCUT2D eigenvalue weighted by Gasteiger charge is -2.29. The van der Waals surface area contributed by atoms with E-state index in [1.165, 1.54) is 12.1 Å². The minimum atomic E-state index is -0.871. The second-order valence-electron chi connectivity index (χ2n) is 9.11. The highest BCUT2D eigenvalue weighted by molar-refractivity contribution is 5.56. The Hall–Kier alpha value is -3.55. The number of anilines is 2. The molecule has 2 aromatic rings. The third kappa shape index (κ3) is 10.1. The van der Waals surface area contributed by atoms with E-state index in [-0.39, 0.29) is 23.6 Å². The lowest BCUT2D eigenvalue weighted by atomic mass is 10.1. The van der Waals surface area contributed by atoms with E-state index in [1.807, 2.05) is 0 Å². The van der Waals surface area contributed by atoms with Gasteiger partial charge in [-0.1, -0.05) is 0 Å². The van der Waals surface area contributed by atoms with Gasteiger partial charge in [-0.05, 0) is 64.0 Å². The van der Waals surface area contributed by atoms with Gasteiger partial charge in [-0.25, -0.2) is 0 Å². The molecule has 2 aliphatic rings. The van der Waals surface area contributed by atoms with Gasteiger partial charge < -0.3 is 31.1 Å². The number of nitrogen functional groups attached to an aromatic ring is 2. The van der Waals surface area contributed by atoms with Crippen LogP contribution >= 0.6 is 0 Å². The number of hydrogen-bond acceptors (Lipinski definition) is 10. The molecule has 13 heteroatoms. The van der Waals surface area contributed by atoms with Crippen LogP contribution in [-0.4, -0.2) is 77.2 Å². The number of aliphatic hydroxyl groups is 1. The highest BCUT2D eigenvalue weighted by Gasteiger charge is 2.22. The molecular weight excluding hydrogens is 487 g/mol. The van der Waals surface area contributed by atoms with Crippen LogP contribution in [0.3, 0.4) is 0 Å². The maximum atomic E-state index is 12.5. The zero-order chi connectivity index (χ0) is 27.5. The number of nitrogens with two attached hydrogens (primary N) is 2. The third-order valence-corrected chi connectivity index (χ3v) is 5.99. The molecule has 0 amide bonds. The van der Waals surface area contributed by atoms with Gasteiger partial charge in [0.2, 0.25) is 5.82 Å². The number of nitro groups is 2. The second-order valence-corrected chi connectivity index (χ2v) is 9.11. The zero-order valence-electron chi connectivity index (χ0n) is 21.1. The van der Waals surface area contributed by atoms with Crippen LogP contribution in [0.15, 0.2) is 36.4 Å². The van der Waals surface area contributed by atoms with Gasteiger partial charge in [0.05, 0.1) is 16.0 Å². The molecule has 2 fully saturated rings. The number of ether oxygens (including phenoxy) is 1. The molecule has 37 heavy (non-hydrogen) atoms. The Labute approximate surface area is 214 Å². The fourth-order valence-electron chi connectivity index (χ4n) is 3.72. The van der Waals surface area contributed by atoms with Crippen LogP contribution in [0.25, 0.3) is 0 Å². The summed E-state index contributed by atoms with van der Waals surface area (Å²) in [4.78, 5) is 24.2. The Bertz CT molecular complexity index is 1030. The first-order valence-electron chi connectivity index (χ1n) is 11.9. The van der Waals surface area contributed by atoms with Gasteiger partial charge in [0.25, 0.3) is 0 Å². The number of nitro benzene ring substituents is 2. The fraction of sp³-hybridized carbons (Fsp3) is 0.500. The lowest BCUT2D eigenvalue weighted by Crippen LogP contribution is -2.35. The summed E-state index contributed by atoms with van der Waals surface area (Å²) in [5.41, 5.74) is 10.6. The van der Waals surface area contributed by atoms with Gasteiger partial charge >= 0.3 is 11.4 Å². The van der Waals surface area contributed by atoms with E-state index < -0.39 is 21.4 Å². The summed E-state index contributed by atoms with van der Waals surface area (Å²) in [6, 6.07) is 7.75. The van der Waals surface area contributed by atoms with Crippen molar-refractivity contribution in [3.05, 3.63) is 62.4 Å². The van der Waals surface area contributed by atoms with Gasteiger partial charge in [0.1, 0.15) is 6.10 Å². The smallest absolute Gasteiger partial charge is 0.312 e. The molecule has 0 spiro atoms. The molecule has 2 aliphatic heterocycles. The van der Waals surface area contributed by atoms with Crippen molar-refractivity contribution in [1.82, 2.24) is 9.80 Å². The van der Waals surface area contributed by atoms with E-state index in [9.17, 15) is 24.6 Å². The van der Waals surface area contributed by atoms with Crippen LogP contribution in [0, 0.1) is 26.0 Å². The predicted octanol–water partition coefficient (Wildman–Crippen LogP) is 3.04. The van der Waals surface area contributed by atoms with Crippen LogP contribution in [0.2, 0.25) is 0 Å². The van der Waals surface area contributed by atoms with Crippen molar-refractivity contribution in [2.45, 2.75) is 37.9 Å². The van der Waals surface area contributed by atoms with E-state index in [0.29, 0.717) is 11.4 Å². The minimum absolute atomic E-state index is 0.0220. The first-order valence-corrected chi connectivity index (χ1v) is 11.9. The molecule has 5 N–H and O–H groups in total. The molecule has 0 atom stereocenters. The second kappa shape index (κ2) is 14.3. The largest absolute Gasteiger partial charge is 0.483 e. The molecule has 2 aromatic carbocycles. The standard InChI is InChI=1S/C12H17N3O3.C6H5FN2O2.C6H13NO/c1-14-6-4-10(5-7-14)18-12-3-2-9(13)8-11(12)15(16)17;7-5-2-1-4(8)3-6(5)9(10)11;1-7-4-2-6(8)3-5-7/h2-3,8,10H,4-7,13H2,1H3;1-3H,8H2;6,8H,2-5H2,1H3. The summed E-state index contributed by atoms with van der Waals surface area (Å²) in [5.74, 6) is -0.562. The maximum absolute atomic E-state index is 12.5. The van der Waals surface area contributed by atoms with Crippen molar-refractivity contribution in [3.63, 3.8) is 0 Å². The molecule has 204 valence electrons. The SMILES string of the molecule is CN1CCC(O)CC1.CN1CCC(Oc2ccc(N)cc2[N+](=O)[O-])CC1.Nc1ccc(F)c([N+](=O)[O-])c1. The normalized spacial score (nSPS) is 17.1. The molecule has 0 aromatic heterocycles. The predicted molar refractivity (Wildman–Crippen MR) is 139 cm³/mol. The van der Waals surface area contributed by atoms with Crippen molar-refractivity contribution < 1.29 is 24.1 Å². The lowest BCUT2D eigenvalue weighted by molar-refractivity contribution is -0.387. The Morgan fingerprint density at radius 3 is 1.78 bits per heavy atom. The van der Waals surface area contributed by atoms with Crippen LogP contribution in [0.1, 0.15) is 25.7 Å². The molecule has 12 nitrogen and oxygen atoms in total. The highest BCUT2D eigenvalue weighted by atomic mass is 19.1. The van der Waals surface area contributed by atoms with Crippen molar-refractivity contribution in [3.8, 4) is 5.75 Å². The highest BCUT2D eigenvalue weighted by Crippen LogP contribution is 2.31. The van der Waals surface area contributed by atoms with Crippen LogP contribution in [-0.2, 0) is 0 Å². The Balaban J connectivity index is 0.000000215. The number of halogens is 1. The number of hydrogen-bond donors (Lipinski definition) is 3. The first-order chi connectivity index (χ1) is 17.5. The third-order valence-electron chi connectivity index (χ3n) is 5.99. The quantitative estimate of drug-likeness (QED) is 0.307. The molecule has 2 heterocycles. The Kier molecular flexibility index (Phi) is 11.4. The number of rotatable bonds is 4. The summed E-state index contributed by atoms with van der Waals surface area (Å²) >= 11 is 0. The summed E-state index contributed by atoms with van der Waals surface area (Å²) in [7, 11) is 4.15. The fourth-order valence-corrected chi connectivity index (χ4v) is 3.72. The first kappa shape index (κ1) is 29.7. The monoisotopic (exact) mass is 522 g/mol. The number of likely N-dealkylation sites (tertiary alicyclic amines) is 2. The van der Waals surface area contributed by atoms with Crippen LogP contribution in [0.4, 0.5) is 27.1 Å². The van der Waals surface area contributed by atoms with Crippen molar-refractivity contribution in [2.24, 2.45) is 0 Å². The zero-order valence-corrected chi connectivity index (χ0v) is 21.1. The van der Waals surface area contributed by atoms with Gasteiger partial charge in [-0.3, -0.25) is 20.2 Å². The number of nitrogens with zero attached hydrogens (tertiary/aromatic N) is 4. The molecule has 0 saturated carbocycles. The number of piperidine rings is 2. The Morgan fingerprint density at radius 1 is 0.865 bits per heavy atom. The molecular formula is C24H35FN6O6. The van der Waals surface area contributed by atoms with Crippen molar-refractivity contribution in [2.75, 3.05) is 51.7 Å². The molecule has 2 saturated heterocycles. The average molecular weight is 523 g/mol. The number of aliphatic hydroxyl groups excluding tert-OH is 1. The van der Waals surface area contributed by atoms with E-state index >= 15 is 0 Å². The molecule has 0 bridgehead atoms.